The predicted molar refractivity (Wildman–Crippen MR) is 64.0 cm³/mol. The monoisotopic (exact) mass is 268 g/mol. The lowest BCUT2D eigenvalue weighted by molar-refractivity contribution is -0.113. The molecule has 0 saturated heterocycles. The standard InChI is InChI=1S/C11H13BrN2O/c1-14-6-8-3-2-4-10(9(8)7-14)13-11(15)5-12/h2-4H,5-7H2,1H3,(H,13,15). The number of halogens is 1. The van der Waals surface area contributed by atoms with Crippen molar-refractivity contribution in [2.75, 3.05) is 17.7 Å². The maximum absolute atomic E-state index is 11.3. The molecule has 0 spiro atoms. The third-order valence-corrected chi connectivity index (χ3v) is 3.05. The van der Waals surface area contributed by atoms with E-state index in [-0.39, 0.29) is 5.91 Å². The summed E-state index contributed by atoms with van der Waals surface area (Å²) >= 11 is 3.14. The van der Waals surface area contributed by atoms with Crippen molar-refractivity contribution in [1.29, 1.82) is 0 Å². The Morgan fingerprint density at radius 2 is 2.33 bits per heavy atom. The van der Waals surface area contributed by atoms with Gasteiger partial charge in [-0.3, -0.25) is 9.69 Å². The summed E-state index contributed by atoms with van der Waals surface area (Å²) in [6, 6.07) is 6.06. The van der Waals surface area contributed by atoms with Crippen LogP contribution >= 0.6 is 15.9 Å². The SMILES string of the molecule is CN1Cc2cccc(NC(=O)CBr)c2C1. The van der Waals surface area contributed by atoms with E-state index in [4.69, 9.17) is 0 Å². The molecular weight excluding hydrogens is 256 g/mol. The summed E-state index contributed by atoms with van der Waals surface area (Å²) in [5, 5.41) is 3.24. The highest BCUT2D eigenvalue weighted by molar-refractivity contribution is 9.09. The minimum absolute atomic E-state index is 0.00190. The lowest BCUT2D eigenvalue weighted by Crippen LogP contribution is -2.14. The molecule has 0 fully saturated rings. The molecule has 1 amide bonds. The molecule has 1 aliphatic heterocycles. The van der Waals surface area contributed by atoms with Gasteiger partial charge in [0.2, 0.25) is 5.91 Å². The number of nitrogens with one attached hydrogen (secondary N) is 1. The number of carbonyl (C=O) groups is 1. The van der Waals surface area contributed by atoms with Gasteiger partial charge in [0, 0.05) is 18.8 Å². The van der Waals surface area contributed by atoms with E-state index >= 15 is 0 Å². The van der Waals surface area contributed by atoms with Gasteiger partial charge in [0.1, 0.15) is 0 Å². The third-order valence-electron chi connectivity index (χ3n) is 2.54. The molecule has 2 rings (SSSR count). The average Bonchev–Trinajstić information content (AvgIpc) is 2.59. The fourth-order valence-electron chi connectivity index (χ4n) is 1.89. The first kappa shape index (κ1) is 10.6. The minimum Gasteiger partial charge on any atom is -0.325 e. The molecule has 3 nitrogen and oxygen atoms in total. The second-order valence-corrected chi connectivity index (χ2v) is 4.36. The van der Waals surface area contributed by atoms with Crippen molar-refractivity contribution in [3.8, 4) is 0 Å². The van der Waals surface area contributed by atoms with Gasteiger partial charge in [-0.05, 0) is 24.2 Å². The number of anilines is 1. The van der Waals surface area contributed by atoms with Gasteiger partial charge in [-0.1, -0.05) is 28.1 Å². The number of fused-ring (bicyclic) bond motifs is 1. The van der Waals surface area contributed by atoms with E-state index < -0.39 is 0 Å². The topological polar surface area (TPSA) is 32.3 Å². The summed E-state index contributed by atoms with van der Waals surface area (Å²) in [6.07, 6.45) is 0. The van der Waals surface area contributed by atoms with Crippen molar-refractivity contribution in [1.82, 2.24) is 4.90 Å². The first-order valence-electron chi connectivity index (χ1n) is 4.86. The first-order valence-corrected chi connectivity index (χ1v) is 5.98. The minimum atomic E-state index is -0.00190. The number of carbonyl (C=O) groups excluding carboxylic acids is 1. The predicted octanol–water partition coefficient (Wildman–Crippen LogP) is 1.97. The molecule has 0 radical (unpaired) electrons. The molecule has 0 aromatic heterocycles. The molecule has 0 unspecified atom stereocenters. The Morgan fingerprint density at radius 1 is 1.53 bits per heavy atom. The highest BCUT2D eigenvalue weighted by atomic mass is 79.9. The Morgan fingerprint density at radius 3 is 3.07 bits per heavy atom. The zero-order valence-electron chi connectivity index (χ0n) is 8.59. The molecule has 15 heavy (non-hydrogen) atoms. The number of amides is 1. The fourth-order valence-corrected chi connectivity index (χ4v) is 2.03. The van der Waals surface area contributed by atoms with Crippen LogP contribution in [0.4, 0.5) is 5.69 Å². The Labute approximate surface area is 97.6 Å². The normalized spacial score (nSPS) is 15.1. The van der Waals surface area contributed by atoms with Crippen LogP contribution in [0.25, 0.3) is 0 Å². The van der Waals surface area contributed by atoms with E-state index in [2.05, 4.69) is 39.3 Å². The quantitative estimate of drug-likeness (QED) is 0.832. The van der Waals surface area contributed by atoms with Crippen LogP contribution in [0.5, 0.6) is 0 Å². The van der Waals surface area contributed by atoms with Crippen LogP contribution in [0.3, 0.4) is 0 Å². The van der Waals surface area contributed by atoms with E-state index in [9.17, 15) is 4.79 Å². The molecule has 1 aromatic rings. The van der Waals surface area contributed by atoms with E-state index in [0.29, 0.717) is 5.33 Å². The Bertz CT molecular complexity index is 392. The van der Waals surface area contributed by atoms with Crippen molar-refractivity contribution < 1.29 is 4.79 Å². The largest absolute Gasteiger partial charge is 0.325 e. The van der Waals surface area contributed by atoms with Crippen molar-refractivity contribution in [2.24, 2.45) is 0 Å². The van der Waals surface area contributed by atoms with Crippen LogP contribution in [0.1, 0.15) is 11.1 Å². The van der Waals surface area contributed by atoms with Gasteiger partial charge < -0.3 is 5.32 Å². The summed E-state index contributed by atoms with van der Waals surface area (Å²) < 4.78 is 0. The molecule has 1 aromatic carbocycles. The number of hydrogen-bond donors (Lipinski definition) is 1. The van der Waals surface area contributed by atoms with Gasteiger partial charge in [-0.25, -0.2) is 0 Å². The molecule has 80 valence electrons. The maximum Gasteiger partial charge on any atom is 0.235 e. The second kappa shape index (κ2) is 4.33. The molecule has 0 aliphatic carbocycles. The summed E-state index contributed by atoms with van der Waals surface area (Å²) in [4.78, 5) is 13.5. The number of alkyl halides is 1. The number of hydrogen-bond acceptors (Lipinski definition) is 2. The Kier molecular flexibility index (Phi) is 3.07. The first-order chi connectivity index (χ1) is 7.20. The highest BCUT2D eigenvalue weighted by Crippen LogP contribution is 2.28. The number of rotatable bonds is 2. The summed E-state index contributed by atoms with van der Waals surface area (Å²) in [5.74, 6) is -0.00190. The van der Waals surface area contributed by atoms with Crippen LogP contribution in [-0.4, -0.2) is 23.2 Å². The Hall–Kier alpha value is -0.870. The van der Waals surface area contributed by atoms with Gasteiger partial charge in [-0.15, -0.1) is 0 Å². The lowest BCUT2D eigenvalue weighted by Gasteiger charge is -2.08. The summed E-state index contributed by atoms with van der Waals surface area (Å²) in [5.41, 5.74) is 3.50. The zero-order valence-corrected chi connectivity index (χ0v) is 10.2. The van der Waals surface area contributed by atoms with Gasteiger partial charge in [0.25, 0.3) is 0 Å². The molecule has 1 aliphatic rings. The second-order valence-electron chi connectivity index (χ2n) is 3.80. The molecule has 0 atom stereocenters. The summed E-state index contributed by atoms with van der Waals surface area (Å²) in [7, 11) is 2.08. The van der Waals surface area contributed by atoms with Crippen molar-refractivity contribution in [2.45, 2.75) is 13.1 Å². The molecule has 1 N–H and O–H groups in total. The van der Waals surface area contributed by atoms with Gasteiger partial charge in [0.15, 0.2) is 0 Å². The fraction of sp³-hybridized carbons (Fsp3) is 0.364. The number of benzene rings is 1. The van der Waals surface area contributed by atoms with E-state index in [1.54, 1.807) is 0 Å². The molecule has 0 bridgehead atoms. The maximum atomic E-state index is 11.3. The van der Waals surface area contributed by atoms with Gasteiger partial charge in [0.05, 0.1) is 5.33 Å². The number of nitrogens with zero attached hydrogens (tertiary/aromatic N) is 1. The zero-order chi connectivity index (χ0) is 10.8. The molecular formula is C11H13BrN2O. The van der Waals surface area contributed by atoms with E-state index in [1.165, 1.54) is 11.1 Å². The van der Waals surface area contributed by atoms with Crippen LogP contribution in [-0.2, 0) is 17.9 Å². The summed E-state index contributed by atoms with van der Waals surface area (Å²) in [6.45, 7) is 1.88. The third kappa shape index (κ3) is 2.21. The van der Waals surface area contributed by atoms with E-state index in [0.717, 1.165) is 18.8 Å². The average molecular weight is 269 g/mol. The smallest absolute Gasteiger partial charge is 0.235 e. The van der Waals surface area contributed by atoms with Crippen molar-refractivity contribution >= 4 is 27.5 Å². The van der Waals surface area contributed by atoms with E-state index in [1.807, 2.05) is 12.1 Å². The van der Waals surface area contributed by atoms with Gasteiger partial charge >= 0.3 is 0 Å². The molecule has 4 heteroatoms. The molecule has 0 saturated carbocycles. The Balaban J connectivity index is 2.26. The van der Waals surface area contributed by atoms with Crippen molar-refractivity contribution in [3.05, 3.63) is 29.3 Å². The molecule has 1 heterocycles. The van der Waals surface area contributed by atoms with Gasteiger partial charge in [-0.2, -0.15) is 0 Å². The van der Waals surface area contributed by atoms with Crippen molar-refractivity contribution in [3.63, 3.8) is 0 Å². The lowest BCUT2D eigenvalue weighted by atomic mass is 10.1. The van der Waals surface area contributed by atoms with Crippen LogP contribution in [0, 0.1) is 0 Å². The van der Waals surface area contributed by atoms with Crippen LogP contribution in [0.15, 0.2) is 18.2 Å². The highest BCUT2D eigenvalue weighted by Gasteiger charge is 2.18. The van der Waals surface area contributed by atoms with Crippen LogP contribution in [0.2, 0.25) is 0 Å². The van der Waals surface area contributed by atoms with Crippen LogP contribution < -0.4 is 5.32 Å².